The minimum Gasteiger partial charge on any atom is -0.508 e. The molecule has 0 radical (unpaired) electrons. The van der Waals surface area contributed by atoms with Gasteiger partial charge < -0.3 is 5.11 Å². The van der Waals surface area contributed by atoms with Crippen molar-refractivity contribution >= 4 is 0 Å². The summed E-state index contributed by atoms with van der Waals surface area (Å²) in [5.41, 5.74) is 4.77. The fourth-order valence-corrected chi connectivity index (χ4v) is 1.61. The second-order valence-corrected chi connectivity index (χ2v) is 3.85. The summed E-state index contributed by atoms with van der Waals surface area (Å²) in [6.45, 7) is 4.20. The lowest BCUT2D eigenvalue weighted by atomic mass is 10.0. The van der Waals surface area contributed by atoms with Gasteiger partial charge in [-0.2, -0.15) is 0 Å². The van der Waals surface area contributed by atoms with Crippen LogP contribution in [-0.4, -0.2) is 5.11 Å². The van der Waals surface area contributed by atoms with E-state index in [0.717, 1.165) is 11.1 Å². The zero-order valence-electron chi connectivity index (χ0n) is 8.99. The molecule has 1 heteroatoms. The Balaban J connectivity index is 2.50. The molecule has 1 N–H and O–H groups in total. The highest BCUT2D eigenvalue weighted by atomic mass is 16.3. The number of phenolic OH excluding ortho intramolecular Hbond substituents is 1. The molecule has 0 fully saturated rings. The van der Waals surface area contributed by atoms with E-state index in [0.29, 0.717) is 5.75 Å². The van der Waals surface area contributed by atoms with Crippen LogP contribution < -0.4 is 0 Å². The normalized spacial score (nSPS) is 10.3. The Kier molecular flexibility index (Phi) is 2.46. The van der Waals surface area contributed by atoms with E-state index in [9.17, 15) is 5.11 Å². The van der Waals surface area contributed by atoms with Gasteiger partial charge in [-0.1, -0.05) is 30.3 Å². The molecule has 0 spiro atoms. The van der Waals surface area contributed by atoms with Crippen LogP contribution in [0.15, 0.2) is 42.5 Å². The molecule has 0 aliphatic carbocycles. The van der Waals surface area contributed by atoms with Gasteiger partial charge in [0.15, 0.2) is 0 Å². The van der Waals surface area contributed by atoms with Crippen LogP contribution in [-0.2, 0) is 0 Å². The van der Waals surface area contributed by atoms with Gasteiger partial charge in [0.25, 0.3) is 0 Å². The van der Waals surface area contributed by atoms with Gasteiger partial charge in [0, 0.05) is 0 Å². The standard InChI is InChI=1S/C14H14O/c1-10-6-7-13(8-11(10)2)12-4-3-5-14(15)9-12/h3-9,15H,1-2H3. The fourth-order valence-electron chi connectivity index (χ4n) is 1.61. The summed E-state index contributed by atoms with van der Waals surface area (Å²) in [5, 5.41) is 9.40. The molecule has 2 aromatic carbocycles. The van der Waals surface area contributed by atoms with Crippen LogP contribution in [0.25, 0.3) is 11.1 Å². The van der Waals surface area contributed by atoms with Crippen molar-refractivity contribution in [2.45, 2.75) is 13.8 Å². The number of benzene rings is 2. The largest absolute Gasteiger partial charge is 0.508 e. The van der Waals surface area contributed by atoms with E-state index in [2.05, 4.69) is 32.0 Å². The average molecular weight is 198 g/mol. The first-order valence-corrected chi connectivity index (χ1v) is 5.03. The number of hydrogen-bond acceptors (Lipinski definition) is 1. The van der Waals surface area contributed by atoms with E-state index in [4.69, 9.17) is 0 Å². The molecule has 0 bridgehead atoms. The third-order valence-corrected chi connectivity index (χ3v) is 2.69. The molecule has 2 rings (SSSR count). The summed E-state index contributed by atoms with van der Waals surface area (Å²) < 4.78 is 0. The topological polar surface area (TPSA) is 20.2 Å². The van der Waals surface area contributed by atoms with Crippen molar-refractivity contribution in [3.05, 3.63) is 53.6 Å². The summed E-state index contributed by atoms with van der Waals surface area (Å²) in [5.74, 6) is 0.311. The first kappa shape index (κ1) is 9.78. The Morgan fingerprint density at radius 1 is 0.800 bits per heavy atom. The van der Waals surface area contributed by atoms with Crippen LogP contribution in [0.1, 0.15) is 11.1 Å². The number of aryl methyl sites for hydroxylation is 2. The molecular weight excluding hydrogens is 184 g/mol. The molecule has 0 amide bonds. The van der Waals surface area contributed by atoms with Gasteiger partial charge in [-0.25, -0.2) is 0 Å². The first-order valence-electron chi connectivity index (χ1n) is 5.03. The van der Waals surface area contributed by atoms with Crippen LogP contribution in [0.4, 0.5) is 0 Å². The zero-order chi connectivity index (χ0) is 10.8. The summed E-state index contributed by atoms with van der Waals surface area (Å²) in [7, 11) is 0. The summed E-state index contributed by atoms with van der Waals surface area (Å²) in [6, 6.07) is 13.7. The molecule has 0 saturated heterocycles. The van der Waals surface area contributed by atoms with E-state index < -0.39 is 0 Å². The Bertz CT molecular complexity index is 486. The number of phenols is 1. The van der Waals surface area contributed by atoms with E-state index in [1.165, 1.54) is 11.1 Å². The van der Waals surface area contributed by atoms with Gasteiger partial charge in [0.1, 0.15) is 5.75 Å². The summed E-state index contributed by atoms with van der Waals surface area (Å²) in [6.07, 6.45) is 0. The summed E-state index contributed by atoms with van der Waals surface area (Å²) >= 11 is 0. The van der Waals surface area contributed by atoms with Gasteiger partial charge >= 0.3 is 0 Å². The smallest absolute Gasteiger partial charge is 0.116 e. The van der Waals surface area contributed by atoms with Crippen LogP contribution in [0.3, 0.4) is 0 Å². The molecule has 0 atom stereocenters. The predicted molar refractivity (Wildman–Crippen MR) is 63.0 cm³/mol. The first-order chi connectivity index (χ1) is 7.16. The van der Waals surface area contributed by atoms with Crippen molar-refractivity contribution in [2.75, 3.05) is 0 Å². The van der Waals surface area contributed by atoms with E-state index in [1.807, 2.05) is 12.1 Å². The molecule has 0 unspecified atom stereocenters. The molecular formula is C14H14O. The maximum absolute atomic E-state index is 9.40. The van der Waals surface area contributed by atoms with Crippen molar-refractivity contribution in [3.8, 4) is 16.9 Å². The van der Waals surface area contributed by atoms with Crippen molar-refractivity contribution in [1.82, 2.24) is 0 Å². The Hall–Kier alpha value is -1.76. The monoisotopic (exact) mass is 198 g/mol. The van der Waals surface area contributed by atoms with E-state index >= 15 is 0 Å². The highest BCUT2D eigenvalue weighted by Gasteiger charge is 2.00. The third kappa shape index (κ3) is 2.01. The van der Waals surface area contributed by atoms with Gasteiger partial charge in [0.2, 0.25) is 0 Å². The minimum atomic E-state index is 0.311. The lowest BCUT2D eigenvalue weighted by molar-refractivity contribution is 0.475. The third-order valence-electron chi connectivity index (χ3n) is 2.69. The fraction of sp³-hybridized carbons (Fsp3) is 0.143. The number of hydrogen-bond donors (Lipinski definition) is 1. The number of aromatic hydroxyl groups is 1. The molecule has 0 saturated carbocycles. The van der Waals surface area contributed by atoms with Crippen LogP contribution in [0.5, 0.6) is 5.75 Å². The average Bonchev–Trinajstić information content (AvgIpc) is 2.22. The summed E-state index contributed by atoms with van der Waals surface area (Å²) in [4.78, 5) is 0. The quantitative estimate of drug-likeness (QED) is 0.741. The maximum Gasteiger partial charge on any atom is 0.116 e. The van der Waals surface area contributed by atoms with Crippen LogP contribution in [0, 0.1) is 13.8 Å². The molecule has 2 aromatic rings. The second kappa shape index (κ2) is 3.77. The van der Waals surface area contributed by atoms with Gasteiger partial charge in [-0.3, -0.25) is 0 Å². The highest BCUT2D eigenvalue weighted by Crippen LogP contribution is 2.24. The van der Waals surface area contributed by atoms with Crippen molar-refractivity contribution < 1.29 is 5.11 Å². The SMILES string of the molecule is Cc1ccc(-c2cccc(O)c2)cc1C. The lowest BCUT2D eigenvalue weighted by Crippen LogP contribution is -1.83. The number of rotatable bonds is 1. The molecule has 1 nitrogen and oxygen atoms in total. The molecule has 0 aromatic heterocycles. The van der Waals surface area contributed by atoms with Gasteiger partial charge in [0.05, 0.1) is 0 Å². The predicted octanol–water partition coefficient (Wildman–Crippen LogP) is 3.68. The Labute approximate surface area is 90.0 Å². The maximum atomic E-state index is 9.40. The molecule has 0 heterocycles. The van der Waals surface area contributed by atoms with Crippen molar-refractivity contribution in [2.24, 2.45) is 0 Å². The van der Waals surface area contributed by atoms with E-state index in [1.54, 1.807) is 12.1 Å². The van der Waals surface area contributed by atoms with Crippen LogP contribution in [0.2, 0.25) is 0 Å². The minimum absolute atomic E-state index is 0.311. The van der Waals surface area contributed by atoms with Gasteiger partial charge in [-0.15, -0.1) is 0 Å². The van der Waals surface area contributed by atoms with E-state index in [-0.39, 0.29) is 0 Å². The Morgan fingerprint density at radius 3 is 2.20 bits per heavy atom. The molecule has 0 aliphatic heterocycles. The lowest BCUT2D eigenvalue weighted by Gasteiger charge is -2.05. The second-order valence-electron chi connectivity index (χ2n) is 3.85. The highest BCUT2D eigenvalue weighted by molar-refractivity contribution is 5.66. The van der Waals surface area contributed by atoms with Crippen LogP contribution >= 0.6 is 0 Å². The molecule has 76 valence electrons. The molecule has 0 aliphatic rings. The Morgan fingerprint density at radius 2 is 1.53 bits per heavy atom. The van der Waals surface area contributed by atoms with Crippen molar-refractivity contribution in [3.63, 3.8) is 0 Å². The van der Waals surface area contributed by atoms with Gasteiger partial charge in [-0.05, 0) is 48.2 Å². The molecule has 15 heavy (non-hydrogen) atoms. The van der Waals surface area contributed by atoms with Crippen molar-refractivity contribution in [1.29, 1.82) is 0 Å². The zero-order valence-corrected chi connectivity index (χ0v) is 8.99.